The predicted molar refractivity (Wildman–Crippen MR) is 76.2 cm³/mol. The number of alkyl halides is 18. The molecule has 0 aromatic heterocycles. The minimum absolute atomic E-state index is 0.123. The van der Waals surface area contributed by atoms with Crippen molar-refractivity contribution in [3.8, 4) is 0 Å². The first-order valence-electron chi connectivity index (χ1n) is 8.23. The first kappa shape index (κ1) is 33.0. The molecule has 0 heterocycles. The van der Waals surface area contributed by atoms with Crippen molar-refractivity contribution in [1.29, 1.82) is 0 Å². The van der Waals surface area contributed by atoms with E-state index in [4.69, 9.17) is 5.11 Å². The molecule has 0 amide bonds. The van der Waals surface area contributed by atoms with Gasteiger partial charge in [-0.2, -0.15) is 70.2 Å². The van der Waals surface area contributed by atoms with E-state index < -0.39 is 78.2 Å². The number of carbonyl (C=O) groups is 1. The Bertz CT molecular complexity index is 813. The molecule has 35 heavy (non-hydrogen) atoms. The highest BCUT2D eigenvalue weighted by molar-refractivity contribution is 5.85. The van der Waals surface area contributed by atoms with E-state index in [-0.39, 0.29) is 6.08 Å². The van der Waals surface area contributed by atoms with E-state index >= 15 is 0 Å². The summed E-state index contributed by atoms with van der Waals surface area (Å²) in [7, 11) is 0. The summed E-state index contributed by atoms with van der Waals surface area (Å²) >= 11 is 0. The van der Waals surface area contributed by atoms with Crippen molar-refractivity contribution >= 4 is 5.97 Å². The Balaban J connectivity index is 6.60. The van der Waals surface area contributed by atoms with Crippen LogP contribution in [0.4, 0.5) is 79.0 Å². The van der Waals surface area contributed by atoms with Crippen LogP contribution in [0.25, 0.3) is 0 Å². The average Bonchev–Trinajstić information content (AvgIpc) is 2.66. The molecule has 208 valence electrons. The minimum Gasteiger partial charge on any atom is -0.478 e. The number of carboxylic acid groups (broad SMARTS) is 1. The van der Waals surface area contributed by atoms with Gasteiger partial charge in [-0.25, -0.2) is 13.6 Å². The Labute approximate surface area is 181 Å². The van der Waals surface area contributed by atoms with Crippen LogP contribution in [0.15, 0.2) is 11.6 Å². The van der Waals surface area contributed by atoms with Crippen molar-refractivity contribution < 1.29 is 88.9 Å². The molecule has 0 spiro atoms. The molecule has 0 aromatic carbocycles. The normalized spacial score (nSPS) is 16.2. The van der Waals surface area contributed by atoms with Gasteiger partial charge in [0.2, 0.25) is 0 Å². The van der Waals surface area contributed by atoms with Crippen LogP contribution in [-0.2, 0) is 4.79 Å². The molecule has 20 heteroatoms. The zero-order chi connectivity index (χ0) is 28.9. The molecule has 0 saturated heterocycles. The summed E-state index contributed by atoms with van der Waals surface area (Å²) in [5.41, 5.74) is -0.908. The van der Waals surface area contributed by atoms with Crippen molar-refractivity contribution in [2.45, 2.75) is 73.6 Å². The first-order valence-corrected chi connectivity index (χ1v) is 8.23. The van der Waals surface area contributed by atoms with E-state index in [0.29, 0.717) is 6.92 Å². The van der Waals surface area contributed by atoms with Crippen molar-refractivity contribution in [2.75, 3.05) is 0 Å². The van der Waals surface area contributed by atoms with E-state index in [2.05, 4.69) is 0 Å². The van der Waals surface area contributed by atoms with Crippen LogP contribution >= 0.6 is 0 Å². The molecular formula is C15H10F18O2. The smallest absolute Gasteiger partial charge is 0.385 e. The Hall–Kier alpha value is -2.05. The molecule has 0 aliphatic heterocycles. The zero-order valence-electron chi connectivity index (χ0n) is 16.2. The van der Waals surface area contributed by atoms with Gasteiger partial charge in [0.25, 0.3) is 0 Å². The van der Waals surface area contributed by atoms with Crippen molar-refractivity contribution in [3.05, 3.63) is 11.6 Å². The van der Waals surface area contributed by atoms with Gasteiger partial charge in [0.05, 0.1) is 0 Å². The third-order valence-electron chi connectivity index (χ3n) is 4.37. The van der Waals surface area contributed by atoms with Gasteiger partial charge in [-0.05, 0) is 13.3 Å². The molecule has 0 atom stereocenters. The maximum absolute atomic E-state index is 13.6. The average molecular weight is 564 g/mol. The molecule has 2 nitrogen and oxygen atoms in total. The van der Waals surface area contributed by atoms with Gasteiger partial charge in [-0.1, -0.05) is 6.08 Å². The third-order valence-corrected chi connectivity index (χ3v) is 4.37. The molecule has 0 radical (unpaired) electrons. The fourth-order valence-corrected chi connectivity index (χ4v) is 2.08. The van der Waals surface area contributed by atoms with Crippen LogP contribution in [0.5, 0.6) is 0 Å². The van der Waals surface area contributed by atoms with Gasteiger partial charge >= 0.3 is 59.8 Å². The lowest BCUT2D eigenvalue weighted by molar-refractivity contribution is -0.457. The van der Waals surface area contributed by atoms with Crippen LogP contribution in [0.2, 0.25) is 0 Å². The van der Waals surface area contributed by atoms with Crippen molar-refractivity contribution in [3.63, 3.8) is 0 Å². The Morgan fingerprint density at radius 1 is 0.657 bits per heavy atom. The molecule has 0 fully saturated rings. The summed E-state index contributed by atoms with van der Waals surface area (Å²) in [5.74, 6) is -66.8. The lowest BCUT2D eigenvalue weighted by Crippen LogP contribution is -2.75. The second-order valence-corrected chi connectivity index (χ2v) is 6.81. The summed E-state index contributed by atoms with van der Waals surface area (Å²) in [6.07, 6.45) is -10.3. The quantitative estimate of drug-likeness (QED) is 0.202. The van der Waals surface area contributed by atoms with Crippen LogP contribution in [0, 0.1) is 0 Å². The standard InChI is InChI=1S/C15H10F18O2/c1-5(6(34)35)3-2-4-8(18,19)10(22,23)12(26,27)14(30,31)15(32,33)13(28,29)11(24,25)9(20,21)7(16)17/h3,7H,2,4H2,1H3,(H,34,35). The fourth-order valence-electron chi connectivity index (χ4n) is 2.08. The van der Waals surface area contributed by atoms with Gasteiger partial charge in [0.1, 0.15) is 0 Å². The Kier molecular flexibility index (Phi) is 8.58. The van der Waals surface area contributed by atoms with Crippen LogP contribution in [-0.4, -0.2) is 64.9 Å². The van der Waals surface area contributed by atoms with Crippen molar-refractivity contribution in [1.82, 2.24) is 0 Å². The zero-order valence-corrected chi connectivity index (χ0v) is 16.2. The second kappa shape index (κ2) is 9.11. The van der Waals surface area contributed by atoms with Gasteiger partial charge < -0.3 is 5.11 Å². The van der Waals surface area contributed by atoms with E-state index in [1.807, 2.05) is 0 Å². The lowest BCUT2D eigenvalue weighted by Gasteiger charge is -2.43. The number of halogens is 18. The lowest BCUT2D eigenvalue weighted by atomic mass is 9.87. The number of allylic oxidation sites excluding steroid dienone is 1. The minimum atomic E-state index is -8.77. The van der Waals surface area contributed by atoms with E-state index in [1.165, 1.54) is 0 Å². The Morgan fingerprint density at radius 2 is 0.971 bits per heavy atom. The molecule has 0 aliphatic carbocycles. The summed E-state index contributed by atoms with van der Waals surface area (Å²) in [4.78, 5) is 10.4. The highest BCUT2D eigenvalue weighted by Crippen LogP contribution is 2.64. The molecular weight excluding hydrogens is 554 g/mol. The summed E-state index contributed by atoms with van der Waals surface area (Å²) in [6.45, 7) is 0.624. The molecule has 0 bridgehead atoms. The van der Waals surface area contributed by atoms with Crippen LogP contribution < -0.4 is 0 Å². The number of carboxylic acids is 1. The highest BCUT2D eigenvalue weighted by Gasteiger charge is 2.95. The maximum atomic E-state index is 13.6. The van der Waals surface area contributed by atoms with E-state index in [9.17, 15) is 83.8 Å². The third kappa shape index (κ3) is 4.72. The summed E-state index contributed by atoms with van der Waals surface area (Å²) in [5, 5.41) is 8.39. The number of rotatable bonds is 12. The molecule has 0 saturated carbocycles. The predicted octanol–water partition coefficient (Wildman–Crippen LogP) is 7.15. The van der Waals surface area contributed by atoms with Gasteiger partial charge in [0, 0.05) is 12.0 Å². The van der Waals surface area contributed by atoms with Gasteiger partial charge in [0.15, 0.2) is 0 Å². The SMILES string of the molecule is CC(=CCCC(F)(F)C(F)(F)C(F)(F)C(F)(F)C(F)(F)C(F)(F)C(F)(F)C(F)(F)C(F)F)C(=O)O. The topological polar surface area (TPSA) is 37.3 Å². The van der Waals surface area contributed by atoms with Crippen LogP contribution in [0.3, 0.4) is 0 Å². The largest absolute Gasteiger partial charge is 0.478 e. The fraction of sp³-hybridized carbons (Fsp3) is 0.800. The molecule has 0 unspecified atom stereocenters. The first-order chi connectivity index (χ1) is 15.0. The number of aliphatic carboxylic acids is 1. The molecule has 0 aromatic rings. The van der Waals surface area contributed by atoms with Crippen molar-refractivity contribution in [2.24, 2.45) is 0 Å². The van der Waals surface area contributed by atoms with Gasteiger partial charge in [-0.15, -0.1) is 0 Å². The molecule has 1 N–H and O–H groups in total. The van der Waals surface area contributed by atoms with E-state index in [0.717, 1.165) is 0 Å². The number of hydrogen-bond donors (Lipinski definition) is 1. The van der Waals surface area contributed by atoms with Gasteiger partial charge in [-0.3, -0.25) is 0 Å². The van der Waals surface area contributed by atoms with E-state index in [1.54, 1.807) is 0 Å². The Morgan fingerprint density at radius 3 is 1.29 bits per heavy atom. The highest BCUT2D eigenvalue weighted by atomic mass is 19.4. The number of hydrogen-bond acceptors (Lipinski definition) is 1. The van der Waals surface area contributed by atoms with Crippen LogP contribution in [0.1, 0.15) is 19.8 Å². The molecule has 0 rings (SSSR count). The second-order valence-electron chi connectivity index (χ2n) is 6.81. The summed E-state index contributed by atoms with van der Waals surface area (Å²) in [6, 6.07) is 0. The maximum Gasteiger partial charge on any atom is 0.385 e. The summed E-state index contributed by atoms with van der Waals surface area (Å²) < 4.78 is 237. The molecule has 0 aliphatic rings. The monoisotopic (exact) mass is 564 g/mol.